The Morgan fingerprint density at radius 2 is 1.95 bits per heavy atom. The summed E-state index contributed by atoms with van der Waals surface area (Å²) in [6, 6.07) is 3.09. The molecule has 0 saturated carbocycles. The molecule has 0 aromatic heterocycles. The Labute approximate surface area is 131 Å². The van der Waals surface area contributed by atoms with Crippen LogP contribution in [0.2, 0.25) is 0 Å². The molecule has 1 fully saturated rings. The van der Waals surface area contributed by atoms with Crippen molar-refractivity contribution in [2.75, 3.05) is 20.7 Å². The van der Waals surface area contributed by atoms with E-state index in [1.54, 1.807) is 38.1 Å². The highest BCUT2D eigenvalue weighted by Crippen LogP contribution is 2.26. The molecule has 1 N–H and O–H groups in total. The third kappa shape index (κ3) is 3.41. The lowest BCUT2D eigenvalue weighted by Crippen LogP contribution is -2.48. The van der Waals surface area contributed by atoms with Crippen LogP contribution in [0.15, 0.2) is 17.0 Å². The molecule has 122 valence electrons. The van der Waals surface area contributed by atoms with E-state index in [1.165, 1.54) is 0 Å². The molecule has 1 saturated heterocycles. The lowest BCUT2D eigenvalue weighted by molar-refractivity contribution is -0.132. The highest BCUT2D eigenvalue weighted by atomic mass is 32.2. The average Bonchev–Trinajstić information content (AvgIpc) is 2.44. The van der Waals surface area contributed by atoms with E-state index in [0.29, 0.717) is 30.7 Å². The van der Waals surface area contributed by atoms with Crippen LogP contribution in [0, 0.1) is 13.8 Å². The zero-order chi connectivity index (χ0) is 16.5. The lowest BCUT2D eigenvalue weighted by atomic mass is 10.1. The van der Waals surface area contributed by atoms with Gasteiger partial charge in [-0.05, 0) is 43.5 Å². The summed E-state index contributed by atoms with van der Waals surface area (Å²) >= 11 is 0. The molecule has 7 heteroatoms. The number of sulfonamides is 1. The van der Waals surface area contributed by atoms with Crippen molar-refractivity contribution in [1.29, 1.82) is 0 Å². The van der Waals surface area contributed by atoms with Gasteiger partial charge in [0.2, 0.25) is 15.9 Å². The monoisotopic (exact) mass is 326 g/mol. The summed E-state index contributed by atoms with van der Waals surface area (Å²) in [4.78, 5) is 13.3. The molecule has 0 bridgehead atoms. The zero-order valence-electron chi connectivity index (χ0n) is 13.3. The first-order valence-corrected chi connectivity index (χ1v) is 8.64. The van der Waals surface area contributed by atoms with Gasteiger partial charge in [-0.1, -0.05) is 0 Å². The quantitative estimate of drug-likeness (QED) is 0.902. The number of methoxy groups -OCH3 is 1. The van der Waals surface area contributed by atoms with E-state index in [9.17, 15) is 13.2 Å². The predicted octanol–water partition coefficient (Wildman–Crippen LogP) is 1.21. The molecular formula is C15H22N2O4S. The number of ether oxygens (including phenoxy) is 1. The topological polar surface area (TPSA) is 75.7 Å². The van der Waals surface area contributed by atoms with Crippen molar-refractivity contribution in [1.82, 2.24) is 9.62 Å². The van der Waals surface area contributed by atoms with Crippen molar-refractivity contribution in [3.63, 3.8) is 0 Å². The first kappa shape index (κ1) is 16.8. The van der Waals surface area contributed by atoms with Crippen LogP contribution in [0.4, 0.5) is 0 Å². The molecule has 6 nitrogen and oxygen atoms in total. The summed E-state index contributed by atoms with van der Waals surface area (Å²) in [5.74, 6) is 0.714. The Morgan fingerprint density at radius 1 is 1.27 bits per heavy atom. The summed E-state index contributed by atoms with van der Waals surface area (Å²) in [7, 11) is -0.378. The van der Waals surface area contributed by atoms with Gasteiger partial charge in [-0.15, -0.1) is 0 Å². The zero-order valence-corrected chi connectivity index (χ0v) is 14.2. The van der Waals surface area contributed by atoms with Crippen LogP contribution in [-0.2, 0) is 14.8 Å². The smallest absolute Gasteiger partial charge is 0.241 e. The van der Waals surface area contributed by atoms with E-state index in [0.717, 1.165) is 5.56 Å². The van der Waals surface area contributed by atoms with E-state index < -0.39 is 10.0 Å². The molecular weight excluding hydrogens is 304 g/mol. The van der Waals surface area contributed by atoms with Crippen molar-refractivity contribution in [2.45, 2.75) is 37.6 Å². The molecule has 1 aromatic carbocycles. The fourth-order valence-corrected chi connectivity index (χ4v) is 4.24. The molecule has 0 spiro atoms. The number of hydrogen-bond donors (Lipinski definition) is 1. The summed E-state index contributed by atoms with van der Waals surface area (Å²) in [6.45, 7) is 3.95. The van der Waals surface area contributed by atoms with Crippen LogP contribution >= 0.6 is 0 Å². The minimum absolute atomic E-state index is 0.0481. The molecule has 1 amide bonds. The SMILES string of the molecule is COc1cc(C)c(S(=O)(=O)NC2CCC(=O)N(C)C2)cc1C. The molecule has 1 aromatic rings. The number of benzene rings is 1. The fourth-order valence-electron chi connectivity index (χ4n) is 2.66. The number of nitrogens with one attached hydrogen (secondary N) is 1. The van der Waals surface area contributed by atoms with E-state index >= 15 is 0 Å². The molecule has 1 aliphatic heterocycles. The van der Waals surface area contributed by atoms with Crippen molar-refractivity contribution >= 4 is 15.9 Å². The summed E-state index contributed by atoms with van der Waals surface area (Å²) in [5, 5.41) is 0. The fraction of sp³-hybridized carbons (Fsp3) is 0.533. The van der Waals surface area contributed by atoms with Gasteiger partial charge in [-0.2, -0.15) is 0 Å². The van der Waals surface area contributed by atoms with Gasteiger partial charge in [0.1, 0.15) is 5.75 Å². The molecule has 1 aliphatic rings. The predicted molar refractivity (Wildman–Crippen MR) is 83.4 cm³/mol. The van der Waals surface area contributed by atoms with Crippen molar-refractivity contribution in [2.24, 2.45) is 0 Å². The van der Waals surface area contributed by atoms with Gasteiger partial charge in [0.25, 0.3) is 0 Å². The van der Waals surface area contributed by atoms with E-state index in [4.69, 9.17) is 4.74 Å². The van der Waals surface area contributed by atoms with Gasteiger partial charge in [0, 0.05) is 26.1 Å². The molecule has 1 heterocycles. The number of nitrogens with zero attached hydrogens (tertiary/aromatic N) is 1. The molecule has 2 rings (SSSR count). The highest BCUT2D eigenvalue weighted by molar-refractivity contribution is 7.89. The van der Waals surface area contributed by atoms with Crippen molar-refractivity contribution < 1.29 is 17.9 Å². The van der Waals surface area contributed by atoms with Crippen LogP contribution in [-0.4, -0.2) is 46.0 Å². The summed E-state index contributed by atoms with van der Waals surface area (Å²) < 4.78 is 33.1. The number of aryl methyl sites for hydroxylation is 2. The van der Waals surface area contributed by atoms with Crippen molar-refractivity contribution in [3.8, 4) is 5.75 Å². The van der Waals surface area contributed by atoms with Crippen LogP contribution < -0.4 is 9.46 Å². The average molecular weight is 326 g/mol. The second-order valence-electron chi connectivity index (χ2n) is 5.72. The Kier molecular flexibility index (Phi) is 4.77. The number of piperidine rings is 1. The third-order valence-electron chi connectivity index (χ3n) is 3.93. The highest BCUT2D eigenvalue weighted by Gasteiger charge is 2.28. The van der Waals surface area contributed by atoms with Crippen LogP contribution in [0.25, 0.3) is 0 Å². The molecule has 0 radical (unpaired) electrons. The van der Waals surface area contributed by atoms with Crippen LogP contribution in [0.5, 0.6) is 5.75 Å². The number of rotatable bonds is 4. The van der Waals surface area contributed by atoms with Crippen LogP contribution in [0.3, 0.4) is 0 Å². The van der Waals surface area contributed by atoms with Gasteiger partial charge in [-0.25, -0.2) is 13.1 Å². The number of amides is 1. The van der Waals surface area contributed by atoms with E-state index in [-0.39, 0.29) is 16.8 Å². The summed E-state index contributed by atoms with van der Waals surface area (Å²) in [6.07, 6.45) is 0.890. The van der Waals surface area contributed by atoms with Gasteiger partial charge in [0.05, 0.1) is 12.0 Å². The Hall–Kier alpha value is -1.60. The molecule has 1 unspecified atom stereocenters. The van der Waals surface area contributed by atoms with Gasteiger partial charge in [0.15, 0.2) is 0 Å². The van der Waals surface area contributed by atoms with E-state index in [2.05, 4.69) is 4.72 Å². The Balaban J connectivity index is 2.24. The Bertz CT molecular complexity index is 685. The lowest BCUT2D eigenvalue weighted by Gasteiger charge is -2.30. The van der Waals surface area contributed by atoms with E-state index in [1.807, 2.05) is 6.92 Å². The van der Waals surface area contributed by atoms with Gasteiger partial charge in [-0.3, -0.25) is 4.79 Å². The maximum absolute atomic E-state index is 12.6. The molecule has 0 aliphatic carbocycles. The Morgan fingerprint density at radius 3 is 2.55 bits per heavy atom. The first-order chi connectivity index (χ1) is 10.2. The van der Waals surface area contributed by atoms with Gasteiger partial charge >= 0.3 is 0 Å². The minimum atomic E-state index is -3.62. The maximum Gasteiger partial charge on any atom is 0.241 e. The molecule has 1 atom stereocenters. The van der Waals surface area contributed by atoms with Crippen LogP contribution in [0.1, 0.15) is 24.0 Å². The second kappa shape index (κ2) is 6.26. The normalized spacial score (nSPS) is 19.4. The number of carbonyl (C=O) groups is 1. The second-order valence-corrected chi connectivity index (χ2v) is 7.40. The minimum Gasteiger partial charge on any atom is -0.496 e. The molecule has 22 heavy (non-hydrogen) atoms. The number of likely N-dealkylation sites (tertiary alicyclic amines) is 1. The third-order valence-corrected chi connectivity index (χ3v) is 5.59. The number of hydrogen-bond acceptors (Lipinski definition) is 4. The van der Waals surface area contributed by atoms with Crippen molar-refractivity contribution in [3.05, 3.63) is 23.3 Å². The number of carbonyl (C=O) groups excluding carboxylic acids is 1. The largest absolute Gasteiger partial charge is 0.496 e. The first-order valence-electron chi connectivity index (χ1n) is 7.16. The standard InChI is InChI=1S/C15H22N2O4S/c1-10-8-14(11(2)7-13(10)21-4)22(19,20)16-12-5-6-15(18)17(3)9-12/h7-8,12,16H,5-6,9H2,1-4H3. The van der Waals surface area contributed by atoms with Gasteiger partial charge < -0.3 is 9.64 Å². The number of likely N-dealkylation sites (N-methyl/N-ethyl adjacent to an activating group) is 1. The maximum atomic E-state index is 12.6. The summed E-state index contributed by atoms with van der Waals surface area (Å²) in [5.41, 5.74) is 1.40.